The summed E-state index contributed by atoms with van der Waals surface area (Å²) in [7, 11) is -4.36. The average Bonchev–Trinajstić information content (AvgIpc) is 2.52. The summed E-state index contributed by atoms with van der Waals surface area (Å²) < 4.78 is 28.2. The summed E-state index contributed by atoms with van der Waals surface area (Å²) in [6, 6.07) is 4.43. The van der Waals surface area contributed by atoms with Crippen LogP contribution >= 0.6 is 31.9 Å². The largest absolute Gasteiger partial charge is 0.358 e. The number of carbonyl (C=O) groups excluding carboxylic acids is 1. The topological polar surface area (TPSA) is 116 Å². The van der Waals surface area contributed by atoms with Gasteiger partial charge in [0.25, 0.3) is 5.69 Å². The monoisotopic (exact) mass is 494 g/mol. The number of hydrogen-bond donors (Lipinski definition) is 0. The first kappa shape index (κ1) is 19.7. The van der Waals surface area contributed by atoms with Gasteiger partial charge in [0.05, 0.1) is 14.1 Å². The van der Waals surface area contributed by atoms with Crippen molar-refractivity contribution < 1.29 is 22.4 Å². The molecule has 8 nitrogen and oxygen atoms in total. The van der Waals surface area contributed by atoms with E-state index >= 15 is 0 Å². The van der Waals surface area contributed by atoms with Gasteiger partial charge < -0.3 is 0 Å². The van der Waals surface area contributed by atoms with E-state index in [2.05, 4.69) is 37.0 Å². The fourth-order valence-corrected chi connectivity index (χ4v) is 3.90. The van der Waals surface area contributed by atoms with Gasteiger partial charge >= 0.3 is 10.1 Å². The van der Waals surface area contributed by atoms with E-state index in [-0.39, 0.29) is 17.2 Å². The minimum Gasteiger partial charge on any atom is -0.294 e. The first-order chi connectivity index (χ1) is 11.5. The minimum atomic E-state index is -4.36. The Hall–Kier alpha value is -1.59. The van der Waals surface area contributed by atoms with E-state index in [9.17, 15) is 23.3 Å². The number of carbonyl (C=O) groups is 1. The molecule has 1 aromatic rings. The Morgan fingerprint density at radius 1 is 1.40 bits per heavy atom. The van der Waals surface area contributed by atoms with Crippen LogP contribution in [0.15, 0.2) is 46.0 Å². The number of benzene rings is 1. The number of non-ortho nitro benzene ring substituents is 1. The summed E-state index contributed by atoms with van der Waals surface area (Å²) in [5, 5.41) is 14.5. The summed E-state index contributed by atoms with van der Waals surface area (Å²) >= 11 is 6.59. The number of ketones is 1. The normalized spacial score (nSPS) is 25.6. The predicted molar refractivity (Wildman–Crippen MR) is 97.6 cm³/mol. The molecule has 0 aromatic heterocycles. The van der Waals surface area contributed by atoms with Crippen molar-refractivity contribution in [2.45, 2.75) is 27.9 Å². The molecule has 1 aromatic carbocycles. The van der Waals surface area contributed by atoms with Crippen molar-refractivity contribution in [1.29, 1.82) is 0 Å². The molecular formula is C14H12Br2N2O6S. The molecular weight excluding hydrogens is 484 g/mol. The van der Waals surface area contributed by atoms with Gasteiger partial charge in [0.2, 0.25) is 0 Å². The highest BCUT2D eigenvalue weighted by molar-refractivity contribution is 9.13. The first-order valence-corrected chi connectivity index (χ1v) is 9.90. The lowest BCUT2D eigenvalue weighted by Gasteiger charge is -2.31. The van der Waals surface area contributed by atoms with Crippen LogP contribution in [0.3, 0.4) is 0 Å². The van der Waals surface area contributed by atoms with Crippen LogP contribution in [0.2, 0.25) is 0 Å². The van der Waals surface area contributed by atoms with Crippen LogP contribution < -0.4 is 0 Å². The van der Waals surface area contributed by atoms with E-state index in [1.54, 1.807) is 13.8 Å². The third-order valence-corrected chi connectivity index (χ3v) is 7.38. The van der Waals surface area contributed by atoms with Crippen LogP contribution in [0.25, 0.3) is 0 Å². The lowest BCUT2D eigenvalue weighted by molar-refractivity contribution is -0.385. The number of hydrogen-bond acceptors (Lipinski definition) is 7. The van der Waals surface area contributed by atoms with Gasteiger partial charge in [0.1, 0.15) is 10.6 Å². The number of alkyl halides is 2. The van der Waals surface area contributed by atoms with Crippen molar-refractivity contribution in [2.75, 3.05) is 0 Å². The van der Waals surface area contributed by atoms with Crippen molar-refractivity contribution in [3.05, 3.63) is 46.0 Å². The number of nitro groups is 1. The van der Waals surface area contributed by atoms with Crippen molar-refractivity contribution in [3.8, 4) is 0 Å². The molecule has 0 aliphatic heterocycles. The molecule has 0 saturated carbocycles. The number of rotatable bonds is 4. The predicted octanol–water partition coefficient (Wildman–Crippen LogP) is 3.10. The van der Waals surface area contributed by atoms with Crippen LogP contribution in [0, 0.1) is 10.1 Å². The summed E-state index contributed by atoms with van der Waals surface area (Å²) in [6.45, 7) is 3.24. The standard InChI is InChI=1S/C14H12Br2N2O6S/c1-8-6-11(19)12(15)14(2,16)13(8)17-24-25(22,23)10-5-3-4-9(7-10)18(20)21/h3-7,12H,1-2H3/b17-13-/t12-,14-/m1/s1. The molecule has 0 unspecified atom stereocenters. The van der Waals surface area contributed by atoms with Crippen LogP contribution in [0.4, 0.5) is 5.69 Å². The Labute approximate surface area is 160 Å². The Bertz CT molecular complexity index is 908. The van der Waals surface area contributed by atoms with Crippen LogP contribution in [0.5, 0.6) is 0 Å². The Kier molecular flexibility index (Phi) is 5.50. The van der Waals surface area contributed by atoms with E-state index in [4.69, 9.17) is 4.28 Å². The van der Waals surface area contributed by atoms with Crippen molar-refractivity contribution in [1.82, 2.24) is 0 Å². The molecule has 11 heteroatoms. The van der Waals surface area contributed by atoms with E-state index < -0.39 is 29.1 Å². The molecule has 1 aliphatic carbocycles. The van der Waals surface area contributed by atoms with Gasteiger partial charge in [-0.15, -0.1) is 0 Å². The molecule has 0 bridgehead atoms. The quantitative estimate of drug-likeness (QED) is 0.360. The molecule has 2 atom stereocenters. The fourth-order valence-electron chi connectivity index (χ4n) is 2.17. The van der Waals surface area contributed by atoms with E-state index in [0.717, 1.165) is 18.2 Å². The van der Waals surface area contributed by atoms with Crippen LogP contribution in [0.1, 0.15) is 13.8 Å². The molecule has 0 radical (unpaired) electrons. The zero-order valence-electron chi connectivity index (χ0n) is 13.0. The fraction of sp³-hybridized carbons (Fsp3) is 0.286. The molecule has 0 N–H and O–H groups in total. The molecule has 0 spiro atoms. The van der Waals surface area contributed by atoms with Gasteiger partial charge in [-0.2, -0.15) is 8.42 Å². The Morgan fingerprint density at radius 2 is 2.04 bits per heavy atom. The zero-order valence-corrected chi connectivity index (χ0v) is 17.0. The summed E-state index contributed by atoms with van der Waals surface area (Å²) in [5.74, 6) is -0.197. The third-order valence-electron chi connectivity index (χ3n) is 3.46. The SMILES string of the molecule is CC1=CC(=O)[C@@H](Br)[C@@](C)(Br)/C1=N\OS(=O)(=O)c1cccc([N+](=O)[O-])c1. The second-order valence-corrected chi connectivity index (χ2v) is 9.48. The second-order valence-electron chi connectivity index (χ2n) is 5.39. The number of halogens is 2. The maximum atomic E-state index is 12.2. The van der Waals surface area contributed by atoms with Crippen molar-refractivity contribution >= 4 is 59.2 Å². The highest BCUT2D eigenvalue weighted by Gasteiger charge is 2.44. The summed E-state index contributed by atoms with van der Waals surface area (Å²) in [6.07, 6.45) is 1.32. The number of nitro benzene ring substituents is 1. The molecule has 0 saturated heterocycles. The summed E-state index contributed by atoms with van der Waals surface area (Å²) in [4.78, 5) is 20.9. The van der Waals surface area contributed by atoms with E-state index in [0.29, 0.717) is 5.57 Å². The zero-order chi connectivity index (χ0) is 19.0. The lowest BCUT2D eigenvalue weighted by atomic mass is 9.88. The summed E-state index contributed by atoms with van der Waals surface area (Å²) in [5.41, 5.74) is 0.264. The van der Waals surface area contributed by atoms with E-state index in [1.165, 1.54) is 12.1 Å². The van der Waals surface area contributed by atoms with Crippen LogP contribution in [-0.2, 0) is 19.2 Å². The highest BCUT2D eigenvalue weighted by Crippen LogP contribution is 2.37. The number of oxime groups is 1. The molecule has 134 valence electrons. The third kappa shape index (κ3) is 3.98. The molecule has 25 heavy (non-hydrogen) atoms. The van der Waals surface area contributed by atoms with Gasteiger partial charge in [-0.1, -0.05) is 43.1 Å². The number of allylic oxidation sites excluding steroid dienone is 2. The maximum absolute atomic E-state index is 12.2. The minimum absolute atomic E-state index is 0.197. The first-order valence-electron chi connectivity index (χ1n) is 6.79. The smallest absolute Gasteiger partial charge is 0.294 e. The van der Waals surface area contributed by atoms with Gasteiger partial charge in [-0.3, -0.25) is 19.2 Å². The molecule has 0 amide bonds. The second kappa shape index (κ2) is 6.96. The van der Waals surface area contributed by atoms with E-state index in [1.807, 2.05) is 0 Å². The van der Waals surface area contributed by atoms with Gasteiger partial charge in [0, 0.05) is 12.1 Å². The molecule has 2 rings (SSSR count). The average molecular weight is 496 g/mol. The number of nitrogens with zero attached hydrogens (tertiary/aromatic N) is 2. The van der Waals surface area contributed by atoms with Gasteiger partial charge in [0.15, 0.2) is 5.78 Å². The highest BCUT2D eigenvalue weighted by atomic mass is 79.9. The molecule has 1 aliphatic rings. The van der Waals surface area contributed by atoms with Crippen molar-refractivity contribution in [3.63, 3.8) is 0 Å². The van der Waals surface area contributed by atoms with Crippen LogP contribution in [-0.4, -0.2) is 34.0 Å². The molecule has 0 fully saturated rings. The van der Waals surface area contributed by atoms with Crippen molar-refractivity contribution in [2.24, 2.45) is 5.16 Å². The Balaban J connectivity index is 2.40. The Morgan fingerprint density at radius 3 is 2.64 bits per heavy atom. The lowest BCUT2D eigenvalue weighted by Crippen LogP contribution is -2.46. The molecule has 0 heterocycles. The van der Waals surface area contributed by atoms with Gasteiger partial charge in [-0.05, 0) is 31.6 Å². The van der Waals surface area contributed by atoms with Gasteiger partial charge in [-0.25, -0.2) is 0 Å². The maximum Gasteiger partial charge on any atom is 0.358 e.